The van der Waals surface area contributed by atoms with Gasteiger partial charge in [-0.2, -0.15) is 12.7 Å². The van der Waals surface area contributed by atoms with E-state index >= 15 is 0 Å². The lowest BCUT2D eigenvalue weighted by Crippen LogP contribution is -2.29. The van der Waals surface area contributed by atoms with Gasteiger partial charge in [0.2, 0.25) is 0 Å². The van der Waals surface area contributed by atoms with Crippen LogP contribution < -0.4 is 4.72 Å². The minimum atomic E-state index is -3.56. The van der Waals surface area contributed by atoms with E-state index in [-0.39, 0.29) is 4.47 Å². The van der Waals surface area contributed by atoms with Crippen LogP contribution >= 0.6 is 15.9 Å². The molecule has 0 saturated carbocycles. The Hall–Kier alpha value is -0.660. The Morgan fingerprint density at radius 2 is 1.94 bits per heavy atom. The van der Waals surface area contributed by atoms with Crippen molar-refractivity contribution < 1.29 is 12.8 Å². The first-order valence-corrected chi connectivity index (χ1v) is 6.63. The second-order valence-electron chi connectivity index (χ2n) is 3.47. The smallest absolute Gasteiger partial charge is 0.271 e. The van der Waals surface area contributed by atoms with Gasteiger partial charge >= 0.3 is 10.2 Å². The van der Waals surface area contributed by atoms with E-state index in [1.807, 2.05) is 0 Å². The largest absolute Gasteiger partial charge is 0.301 e. The van der Waals surface area contributed by atoms with Gasteiger partial charge in [0.05, 0.1) is 10.2 Å². The molecule has 1 rings (SSSR count). The van der Waals surface area contributed by atoms with Crippen LogP contribution in [0.3, 0.4) is 0 Å². The van der Waals surface area contributed by atoms with Crippen LogP contribution in [0, 0.1) is 12.7 Å². The van der Waals surface area contributed by atoms with E-state index in [1.54, 1.807) is 6.92 Å². The monoisotopic (exact) mass is 310 g/mol. The van der Waals surface area contributed by atoms with E-state index in [4.69, 9.17) is 0 Å². The van der Waals surface area contributed by atoms with Gasteiger partial charge in [0.1, 0.15) is 5.82 Å². The molecule has 0 fully saturated rings. The van der Waals surface area contributed by atoms with Crippen LogP contribution in [0.15, 0.2) is 16.6 Å². The third-order valence-electron chi connectivity index (χ3n) is 1.99. The van der Waals surface area contributed by atoms with Crippen molar-refractivity contribution in [2.24, 2.45) is 0 Å². The number of halogens is 2. The Balaban J connectivity index is 3.13. The van der Waals surface area contributed by atoms with Gasteiger partial charge in [-0.25, -0.2) is 4.39 Å². The number of nitrogens with zero attached hydrogens (tertiary/aromatic N) is 1. The van der Waals surface area contributed by atoms with E-state index in [2.05, 4.69) is 20.7 Å². The van der Waals surface area contributed by atoms with Crippen LogP contribution in [-0.4, -0.2) is 26.8 Å². The Kier molecular flexibility index (Phi) is 3.92. The molecule has 0 heterocycles. The molecule has 7 heteroatoms. The van der Waals surface area contributed by atoms with Crippen molar-refractivity contribution in [2.75, 3.05) is 18.8 Å². The molecule has 1 aromatic rings. The highest BCUT2D eigenvalue weighted by molar-refractivity contribution is 9.10. The van der Waals surface area contributed by atoms with Gasteiger partial charge in [-0.05, 0) is 40.5 Å². The lowest BCUT2D eigenvalue weighted by molar-refractivity contribution is 0.526. The number of anilines is 1. The second kappa shape index (κ2) is 4.68. The molecular weight excluding hydrogens is 299 g/mol. The number of hydrogen-bond acceptors (Lipinski definition) is 2. The predicted molar refractivity (Wildman–Crippen MR) is 65.1 cm³/mol. The fourth-order valence-corrected chi connectivity index (χ4v) is 2.01. The molecule has 1 N–H and O–H groups in total. The molecular formula is C9H12BrFN2O2S. The van der Waals surface area contributed by atoms with E-state index in [9.17, 15) is 12.8 Å². The number of nitrogens with one attached hydrogen (secondary N) is 1. The minimum Gasteiger partial charge on any atom is -0.271 e. The average Bonchev–Trinajstić information content (AvgIpc) is 2.13. The molecule has 0 saturated heterocycles. The van der Waals surface area contributed by atoms with Crippen molar-refractivity contribution in [2.45, 2.75) is 6.92 Å². The second-order valence-corrected chi connectivity index (χ2v) is 6.21. The summed E-state index contributed by atoms with van der Waals surface area (Å²) in [5, 5.41) is 0. The van der Waals surface area contributed by atoms with Crippen molar-refractivity contribution in [3.05, 3.63) is 28.0 Å². The normalized spacial score (nSPS) is 11.9. The highest BCUT2D eigenvalue weighted by Gasteiger charge is 2.15. The predicted octanol–water partition coefficient (Wildman–Crippen LogP) is 2.11. The first-order valence-electron chi connectivity index (χ1n) is 4.40. The summed E-state index contributed by atoms with van der Waals surface area (Å²) in [5.41, 5.74) is 0.869. The Morgan fingerprint density at radius 1 is 1.38 bits per heavy atom. The Labute approximate surface area is 103 Å². The summed E-state index contributed by atoms with van der Waals surface area (Å²) in [6.45, 7) is 1.63. The molecule has 0 aromatic heterocycles. The first-order chi connectivity index (χ1) is 7.24. The van der Waals surface area contributed by atoms with Crippen LogP contribution in [0.2, 0.25) is 0 Å². The number of benzene rings is 1. The van der Waals surface area contributed by atoms with Gasteiger partial charge in [-0.1, -0.05) is 0 Å². The molecule has 0 spiro atoms. The highest BCUT2D eigenvalue weighted by atomic mass is 79.9. The Bertz CT molecular complexity index is 502. The molecule has 0 amide bonds. The molecule has 90 valence electrons. The molecule has 0 aliphatic heterocycles. The third-order valence-corrected chi connectivity index (χ3v) is 4.03. The SMILES string of the molecule is Cc1cc(F)c(Br)cc1NS(=O)(=O)N(C)C. The van der Waals surface area contributed by atoms with Crippen molar-refractivity contribution in [1.82, 2.24) is 4.31 Å². The van der Waals surface area contributed by atoms with Crippen LogP contribution in [0.4, 0.5) is 10.1 Å². The van der Waals surface area contributed by atoms with E-state index < -0.39 is 16.0 Å². The average molecular weight is 311 g/mol. The summed E-state index contributed by atoms with van der Waals surface area (Å²) in [6.07, 6.45) is 0. The van der Waals surface area contributed by atoms with Crippen LogP contribution in [0.25, 0.3) is 0 Å². The van der Waals surface area contributed by atoms with Gasteiger partial charge in [0.15, 0.2) is 0 Å². The van der Waals surface area contributed by atoms with Crippen molar-refractivity contribution >= 4 is 31.8 Å². The van der Waals surface area contributed by atoms with Gasteiger partial charge in [-0.15, -0.1) is 0 Å². The number of aryl methyl sites for hydroxylation is 1. The molecule has 0 bridgehead atoms. The quantitative estimate of drug-likeness (QED) is 0.929. The van der Waals surface area contributed by atoms with Gasteiger partial charge in [0, 0.05) is 14.1 Å². The molecule has 0 aliphatic rings. The van der Waals surface area contributed by atoms with Gasteiger partial charge in [0.25, 0.3) is 0 Å². The molecule has 0 atom stereocenters. The maximum Gasteiger partial charge on any atom is 0.301 e. The molecule has 16 heavy (non-hydrogen) atoms. The molecule has 4 nitrogen and oxygen atoms in total. The topological polar surface area (TPSA) is 49.4 Å². The van der Waals surface area contributed by atoms with E-state index in [0.717, 1.165) is 4.31 Å². The minimum absolute atomic E-state index is 0.217. The summed E-state index contributed by atoms with van der Waals surface area (Å²) in [4.78, 5) is 0. The fraction of sp³-hybridized carbons (Fsp3) is 0.333. The fourth-order valence-electron chi connectivity index (χ4n) is 0.986. The summed E-state index contributed by atoms with van der Waals surface area (Å²) < 4.78 is 39.8. The maximum atomic E-state index is 13.1. The standard InChI is InChI=1S/C9H12BrFN2O2S/c1-6-4-8(11)7(10)5-9(6)12-16(14,15)13(2)3/h4-5,12H,1-3H3. The van der Waals surface area contributed by atoms with Crippen molar-refractivity contribution in [1.29, 1.82) is 0 Å². The first kappa shape index (κ1) is 13.4. The third kappa shape index (κ3) is 2.93. The summed E-state index contributed by atoms with van der Waals surface area (Å²) in [7, 11) is -0.737. The molecule has 1 aromatic carbocycles. The zero-order valence-electron chi connectivity index (χ0n) is 9.08. The maximum absolute atomic E-state index is 13.1. The summed E-state index contributed by atoms with van der Waals surface area (Å²) in [6, 6.07) is 2.66. The lowest BCUT2D eigenvalue weighted by atomic mass is 10.2. The summed E-state index contributed by atoms with van der Waals surface area (Å²) in [5.74, 6) is -0.426. The van der Waals surface area contributed by atoms with Gasteiger partial charge in [-0.3, -0.25) is 4.72 Å². The lowest BCUT2D eigenvalue weighted by Gasteiger charge is -2.15. The summed E-state index contributed by atoms with van der Waals surface area (Å²) >= 11 is 3.00. The highest BCUT2D eigenvalue weighted by Crippen LogP contribution is 2.25. The van der Waals surface area contributed by atoms with Crippen molar-refractivity contribution in [3.8, 4) is 0 Å². The zero-order chi connectivity index (χ0) is 12.5. The van der Waals surface area contributed by atoms with E-state index in [0.29, 0.717) is 11.3 Å². The number of rotatable bonds is 3. The number of hydrogen-bond donors (Lipinski definition) is 1. The van der Waals surface area contributed by atoms with Crippen LogP contribution in [0.1, 0.15) is 5.56 Å². The van der Waals surface area contributed by atoms with Crippen LogP contribution in [0.5, 0.6) is 0 Å². The zero-order valence-corrected chi connectivity index (χ0v) is 11.5. The van der Waals surface area contributed by atoms with Crippen molar-refractivity contribution in [3.63, 3.8) is 0 Å². The van der Waals surface area contributed by atoms with E-state index in [1.165, 1.54) is 26.2 Å². The molecule has 0 aliphatic carbocycles. The Morgan fingerprint density at radius 3 is 2.44 bits per heavy atom. The van der Waals surface area contributed by atoms with Gasteiger partial charge < -0.3 is 0 Å². The molecule has 0 unspecified atom stereocenters. The van der Waals surface area contributed by atoms with Crippen LogP contribution in [-0.2, 0) is 10.2 Å². The molecule has 0 radical (unpaired) electrons.